The fourth-order valence-electron chi connectivity index (χ4n) is 2.77. The number of thioether (sulfide) groups is 1. The molecule has 0 unspecified atom stereocenters. The molecule has 178 valence electrons. The highest BCUT2D eigenvalue weighted by Crippen LogP contribution is 2.22. The van der Waals surface area contributed by atoms with Crippen molar-refractivity contribution in [2.45, 2.75) is 11.8 Å². The lowest BCUT2D eigenvalue weighted by molar-refractivity contribution is -0.113. The second kappa shape index (κ2) is 11.7. The monoisotopic (exact) mass is 548 g/mol. The Balaban J connectivity index is 1.63. The van der Waals surface area contributed by atoms with Gasteiger partial charge in [0.1, 0.15) is 12.4 Å². The summed E-state index contributed by atoms with van der Waals surface area (Å²) in [4.78, 5) is 36.4. The molecule has 10 nitrogen and oxygen atoms in total. The van der Waals surface area contributed by atoms with Gasteiger partial charge in [0.15, 0.2) is 11.0 Å². The van der Waals surface area contributed by atoms with Crippen LogP contribution in [-0.4, -0.2) is 52.6 Å². The zero-order chi connectivity index (χ0) is 24.7. The maximum atomic E-state index is 12.6. The zero-order valence-corrected chi connectivity index (χ0v) is 20.9. The van der Waals surface area contributed by atoms with Crippen molar-refractivity contribution in [2.75, 3.05) is 25.3 Å². The van der Waals surface area contributed by atoms with E-state index in [0.717, 1.165) is 16.2 Å². The van der Waals surface area contributed by atoms with Gasteiger partial charge in [0.2, 0.25) is 5.91 Å². The van der Waals surface area contributed by atoms with Crippen molar-refractivity contribution >= 4 is 51.2 Å². The molecule has 0 saturated carbocycles. The van der Waals surface area contributed by atoms with Crippen LogP contribution >= 0.6 is 27.7 Å². The highest BCUT2D eigenvalue weighted by atomic mass is 79.9. The Morgan fingerprint density at radius 1 is 1.03 bits per heavy atom. The van der Waals surface area contributed by atoms with Gasteiger partial charge in [0, 0.05) is 11.5 Å². The molecule has 1 amide bonds. The van der Waals surface area contributed by atoms with E-state index in [9.17, 15) is 14.4 Å². The Labute approximate surface area is 208 Å². The third-order valence-electron chi connectivity index (χ3n) is 4.56. The van der Waals surface area contributed by atoms with Gasteiger partial charge in [-0.2, -0.15) is 0 Å². The van der Waals surface area contributed by atoms with Crippen LogP contribution in [0.25, 0.3) is 0 Å². The average Bonchev–Trinajstić information content (AvgIpc) is 3.20. The summed E-state index contributed by atoms with van der Waals surface area (Å²) in [6, 6.07) is 11.6. The van der Waals surface area contributed by atoms with E-state index in [2.05, 4.69) is 31.4 Å². The van der Waals surface area contributed by atoms with Gasteiger partial charge >= 0.3 is 11.9 Å². The maximum Gasteiger partial charge on any atom is 0.339 e. The summed E-state index contributed by atoms with van der Waals surface area (Å²) in [6.45, 7) is 0.209. The van der Waals surface area contributed by atoms with Crippen LogP contribution in [0.4, 0.5) is 5.69 Å². The van der Waals surface area contributed by atoms with Gasteiger partial charge < -0.3 is 24.1 Å². The predicted molar refractivity (Wildman–Crippen MR) is 128 cm³/mol. The van der Waals surface area contributed by atoms with Gasteiger partial charge in [-0.3, -0.25) is 4.79 Å². The van der Waals surface area contributed by atoms with Crippen molar-refractivity contribution < 1.29 is 28.6 Å². The molecule has 0 aliphatic heterocycles. The number of carbonyl (C=O) groups is 3. The molecule has 1 aromatic heterocycles. The first kappa shape index (κ1) is 25.2. The van der Waals surface area contributed by atoms with Gasteiger partial charge in [-0.15, -0.1) is 10.2 Å². The summed E-state index contributed by atoms with van der Waals surface area (Å²) in [5, 5.41) is 11.4. The summed E-state index contributed by atoms with van der Waals surface area (Å²) in [5.41, 5.74) is 0.434. The molecule has 34 heavy (non-hydrogen) atoms. The van der Waals surface area contributed by atoms with Crippen molar-refractivity contribution in [1.82, 2.24) is 14.8 Å². The number of carbonyl (C=O) groups excluding carboxylic acids is 3. The minimum atomic E-state index is -0.650. The van der Waals surface area contributed by atoms with Crippen LogP contribution < -0.4 is 10.1 Å². The smallest absolute Gasteiger partial charge is 0.339 e. The van der Waals surface area contributed by atoms with Crippen molar-refractivity contribution in [3.05, 3.63) is 63.9 Å². The fourth-order valence-corrected chi connectivity index (χ4v) is 3.77. The second-order valence-electron chi connectivity index (χ2n) is 6.78. The Morgan fingerprint density at radius 3 is 2.41 bits per heavy atom. The Hall–Kier alpha value is -3.38. The molecule has 0 bridgehead atoms. The number of hydrogen-bond acceptors (Lipinski definition) is 9. The third kappa shape index (κ3) is 6.35. The normalized spacial score (nSPS) is 10.5. The molecule has 2 aromatic carbocycles. The summed E-state index contributed by atoms with van der Waals surface area (Å²) in [7, 11) is 4.24. The summed E-state index contributed by atoms with van der Waals surface area (Å²) in [5.74, 6) is -0.392. The second-order valence-corrected chi connectivity index (χ2v) is 8.64. The molecule has 12 heteroatoms. The lowest BCUT2D eigenvalue weighted by Gasteiger charge is -2.11. The number of anilines is 1. The summed E-state index contributed by atoms with van der Waals surface area (Å²) >= 11 is 4.53. The lowest BCUT2D eigenvalue weighted by Crippen LogP contribution is -2.18. The highest BCUT2D eigenvalue weighted by molar-refractivity contribution is 9.10. The molecule has 3 aromatic rings. The van der Waals surface area contributed by atoms with E-state index in [1.54, 1.807) is 11.6 Å². The third-order valence-corrected chi connectivity index (χ3v) is 6.11. The number of halogens is 1. The van der Waals surface area contributed by atoms with E-state index in [0.29, 0.717) is 16.7 Å². The summed E-state index contributed by atoms with van der Waals surface area (Å²) < 4.78 is 17.8. The van der Waals surface area contributed by atoms with Crippen LogP contribution in [0, 0.1) is 0 Å². The Kier molecular flexibility index (Phi) is 8.66. The minimum absolute atomic E-state index is 0.0113. The number of hydrogen-bond donors (Lipinski definition) is 1. The molecule has 3 rings (SSSR count). The zero-order valence-electron chi connectivity index (χ0n) is 18.5. The number of benzene rings is 2. The maximum absolute atomic E-state index is 12.6. The van der Waals surface area contributed by atoms with Crippen molar-refractivity contribution in [3.8, 4) is 5.75 Å². The van der Waals surface area contributed by atoms with Crippen LogP contribution in [0.3, 0.4) is 0 Å². The van der Waals surface area contributed by atoms with E-state index in [4.69, 9.17) is 14.2 Å². The van der Waals surface area contributed by atoms with Crippen molar-refractivity contribution in [1.29, 1.82) is 0 Å². The molecule has 1 N–H and O–H groups in total. The molecule has 0 saturated heterocycles. The van der Waals surface area contributed by atoms with E-state index in [-0.39, 0.29) is 29.2 Å². The standard InChI is InChI=1S/C22H21BrN4O6S/c1-27-18(11-33-15-7-5-14(23)6-8-15)25-26-22(27)34-12-19(28)24-17-10-13(20(29)31-2)4-9-16(17)21(30)32-3/h4-10H,11-12H2,1-3H3,(H,24,28). The summed E-state index contributed by atoms with van der Waals surface area (Å²) in [6.07, 6.45) is 0. The molecule has 1 heterocycles. The van der Waals surface area contributed by atoms with Crippen LogP contribution in [-0.2, 0) is 27.9 Å². The molecular formula is C22H21BrN4O6S. The number of ether oxygens (including phenoxy) is 3. The predicted octanol–water partition coefficient (Wildman–Crippen LogP) is 3.46. The number of amides is 1. The first-order valence-electron chi connectivity index (χ1n) is 9.82. The fraction of sp³-hybridized carbons (Fsp3) is 0.227. The molecule has 0 fully saturated rings. The first-order valence-corrected chi connectivity index (χ1v) is 11.6. The van der Waals surface area contributed by atoms with E-state index >= 15 is 0 Å². The number of nitrogens with zero attached hydrogens (tertiary/aromatic N) is 3. The van der Waals surface area contributed by atoms with Crippen LogP contribution in [0.5, 0.6) is 5.75 Å². The first-order chi connectivity index (χ1) is 16.3. The SMILES string of the molecule is COC(=O)c1ccc(C(=O)OC)c(NC(=O)CSc2nnc(COc3ccc(Br)cc3)n2C)c1. The van der Waals surface area contributed by atoms with Gasteiger partial charge in [0.05, 0.1) is 36.8 Å². The van der Waals surface area contributed by atoms with Gasteiger partial charge in [-0.25, -0.2) is 9.59 Å². The van der Waals surface area contributed by atoms with Gasteiger partial charge in [-0.1, -0.05) is 27.7 Å². The van der Waals surface area contributed by atoms with Crippen LogP contribution in [0.1, 0.15) is 26.5 Å². The quantitative estimate of drug-likeness (QED) is 0.316. The van der Waals surface area contributed by atoms with Crippen molar-refractivity contribution in [3.63, 3.8) is 0 Å². The van der Waals surface area contributed by atoms with E-state index in [1.165, 1.54) is 32.4 Å². The van der Waals surface area contributed by atoms with Gasteiger partial charge in [-0.05, 0) is 42.5 Å². The van der Waals surface area contributed by atoms with Crippen LogP contribution in [0.15, 0.2) is 52.1 Å². The minimum Gasteiger partial charge on any atom is -0.486 e. The van der Waals surface area contributed by atoms with Crippen LogP contribution in [0.2, 0.25) is 0 Å². The largest absolute Gasteiger partial charge is 0.486 e. The molecule has 0 radical (unpaired) electrons. The lowest BCUT2D eigenvalue weighted by atomic mass is 10.1. The number of rotatable bonds is 9. The number of aromatic nitrogens is 3. The molecule has 0 aliphatic rings. The Morgan fingerprint density at radius 2 is 1.74 bits per heavy atom. The Bertz CT molecular complexity index is 1200. The molecule has 0 aliphatic carbocycles. The number of esters is 2. The van der Waals surface area contributed by atoms with E-state index in [1.807, 2.05) is 24.3 Å². The molecule has 0 spiro atoms. The molecule has 0 atom stereocenters. The van der Waals surface area contributed by atoms with E-state index < -0.39 is 17.8 Å². The molecular weight excluding hydrogens is 528 g/mol. The number of methoxy groups -OCH3 is 2. The van der Waals surface area contributed by atoms with Gasteiger partial charge in [0.25, 0.3) is 0 Å². The van der Waals surface area contributed by atoms with Crippen molar-refractivity contribution in [2.24, 2.45) is 7.05 Å². The highest BCUT2D eigenvalue weighted by Gasteiger charge is 2.18. The number of nitrogens with one attached hydrogen (secondary N) is 1. The average molecular weight is 549 g/mol. The topological polar surface area (TPSA) is 122 Å².